The average Bonchev–Trinajstić information content (AvgIpc) is 2.77. The Morgan fingerprint density at radius 1 is 1.40 bits per heavy atom. The van der Waals surface area contributed by atoms with E-state index in [-0.39, 0.29) is 0 Å². The van der Waals surface area contributed by atoms with Crippen LogP contribution in [0, 0.1) is 0 Å². The van der Waals surface area contributed by atoms with E-state index in [1.165, 1.54) is 12.0 Å². The molecule has 0 aliphatic carbocycles. The molecule has 1 fully saturated rings. The molecule has 5 nitrogen and oxygen atoms in total. The fraction of sp³-hybridized carbons (Fsp3) is 0.667. The summed E-state index contributed by atoms with van der Waals surface area (Å²) in [4.78, 5) is 6.69. The molecule has 5 heteroatoms. The lowest BCUT2D eigenvalue weighted by molar-refractivity contribution is 0.143. The second-order valence-corrected chi connectivity index (χ2v) is 5.45. The molecule has 1 aromatic heterocycles. The van der Waals surface area contributed by atoms with Crippen LogP contribution < -0.4 is 10.1 Å². The minimum absolute atomic E-state index is 0.535. The Morgan fingerprint density at radius 2 is 2.25 bits per heavy atom. The molecule has 112 valence electrons. The Labute approximate surface area is 121 Å². The summed E-state index contributed by atoms with van der Waals surface area (Å²) in [5.74, 6) is 0.653. The van der Waals surface area contributed by atoms with Gasteiger partial charge in [0, 0.05) is 44.5 Å². The van der Waals surface area contributed by atoms with Gasteiger partial charge >= 0.3 is 0 Å². The number of nitrogens with zero attached hydrogens (tertiary/aromatic N) is 2. The van der Waals surface area contributed by atoms with Crippen molar-refractivity contribution >= 4 is 0 Å². The number of aromatic nitrogens is 1. The number of pyridine rings is 1. The lowest BCUT2D eigenvalue weighted by Crippen LogP contribution is -2.31. The van der Waals surface area contributed by atoms with E-state index in [9.17, 15) is 0 Å². The number of nitrogens with one attached hydrogen (secondary N) is 1. The molecule has 0 radical (unpaired) electrons. The van der Waals surface area contributed by atoms with E-state index >= 15 is 0 Å². The zero-order valence-electron chi connectivity index (χ0n) is 12.6. The maximum absolute atomic E-state index is 5.44. The SMILES string of the molecule is COCCOc1ccc(CN[C@H]2C[C@@H](C)N(C)C2)cn1. The molecule has 1 aliphatic heterocycles. The number of likely N-dealkylation sites (tertiary alicyclic amines) is 1. The van der Waals surface area contributed by atoms with Crippen LogP contribution in [-0.2, 0) is 11.3 Å². The Balaban J connectivity index is 1.73. The third-order valence-electron chi connectivity index (χ3n) is 3.82. The highest BCUT2D eigenvalue weighted by Crippen LogP contribution is 2.15. The largest absolute Gasteiger partial charge is 0.475 e. The predicted molar refractivity (Wildman–Crippen MR) is 78.9 cm³/mol. The molecule has 1 aliphatic rings. The third-order valence-corrected chi connectivity index (χ3v) is 3.82. The van der Waals surface area contributed by atoms with E-state index < -0.39 is 0 Å². The van der Waals surface area contributed by atoms with Crippen LogP contribution in [0.15, 0.2) is 18.3 Å². The molecule has 2 atom stereocenters. The lowest BCUT2D eigenvalue weighted by Gasteiger charge is -2.13. The number of rotatable bonds is 7. The number of likely N-dealkylation sites (N-methyl/N-ethyl adjacent to an activating group) is 1. The first kappa shape index (κ1) is 15.2. The molecule has 0 aromatic carbocycles. The monoisotopic (exact) mass is 279 g/mol. The third kappa shape index (κ3) is 4.44. The Bertz CT molecular complexity index is 387. The highest BCUT2D eigenvalue weighted by Gasteiger charge is 2.25. The minimum atomic E-state index is 0.535. The standard InChI is InChI=1S/C15H25N3O2/c1-12-8-14(11-18(12)2)16-9-13-4-5-15(17-10-13)20-7-6-19-3/h4-5,10,12,14,16H,6-9,11H2,1-3H3/t12-,14+/m1/s1. The zero-order valence-corrected chi connectivity index (χ0v) is 12.6. The Morgan fingerprint density at radius 3 is 2.85 bits per heavy atom. The van der Waals surface area contributed by atoms with E-state index in [0.717, 1.165) is 13.1 Å². The van der Waals surface area contributed by atoms with Crippen LogP contribution >= 0.6 is 0 Å². The molecule has 1 aromatic rings. The average molecular weight is 279 g/mol. The summed E-state index contributed by atoms with van der Waals surface area (Å²) >= 11 is 0. The fourth-order valence-corrected chi connectivity index (χ4v) is 2.43. The number of ether oxygens (including phenoxy) is 2. The van der Waals surface area contributed by atoms with Crippen molar-refractivity contribution in [3.8, 4) is 5.88 Å². The van der Waals surface area contributed by atoms with E-state index in [4.69, 9.17) is 9.47 Å². The van der Waals surface area contributed by atoms with Crippen molar-refractivity contribution in [2.45, 2.75) is 32.0 Å². The number of hydrogen-bond acceptors (Lipinski definition) is 5. The van der Waals surface area contributed by atoms with Crippen LogP contribution in [-0.4, -0.2) is 55.9 Å². The normalized spacial score (nSPS) is 23.1. The van der Waals surface area contributed by atoms with Gasteiger partial charge in [-0.3, -0.25) is 0 Å². The van der Waals surface area contributed by atoms with Crippen LogP contribution in [0.25, 0.3) is 0 Å². The molecule has 0 saturated carbocycles. The first-order valence-corrected chi connectivity index (χ1v) is 7.19. The smallest absolute Gasteiger partial charge is 0.213 e. The molecular formula is C15H25N3O2. The van der Waals surface area contributed by atoms with Gasteiger partial charge in [0.2, 0.25) is 5.88 Å². The zero-order chi connectivity index (χ0) is 14.4. The second-order valence-electron chi connectivity index (χ2n) is 5.45. The summed E-state index contributed by atoms with van der Waals surface area (Å²) in [6.07, 6.45) is 3.08. The van der Waals surface area contributed by atoms with Gasteiger partial charge in [0.05, 0.1) is 6.61 Å². The van der Waals surface area contributed by atoms with Crippen molar-refractivity contribution in [1.29, 1.82) is 0 Å². The van der Waals surface area contributed by atoms with Gasteiger partial charge in [-0.25, -0.2) is 4.98 Å². The number of methoxy groups -OCH3 is 1. The van der Waals surface area contributed by atoms with Gasteiger partial charge in [-0.15, -0.1) is 0 Å². The van der Waals surface area contributed by atoms with Crippen molar-refractivity contribution in [2.24, 2.45) is 0 Å². The van der Waals surface area contributed by atoms with Crippen molar-refractivity contribution < 1.29 is 9.47 Å². The van der Waals surface area contributed by atoms with Gasteiger partial charge in [0.1, 0.15) is 6.61 Å². The molecule has 2 rings (SSSR count). The highest BCUT2D eigenvalue weighted by atomic mass is 16.5. The van der Waals surface area contributed by atoms with Crippen LogP contribution in [0.2, 0.25) is 0 Å². The van der Waals surface area contributed by atoms with Gasteiger partial charge in [-0.2, -0.15) is 0 Å². The van der Waals surface area contributed by atoms with E-state index in [0.29, 0.717) is 31.2 Å². The van der Waals surface area contributed by atoms with Crippen LogP contribution in [0.1, 0.15) is 18.9 Å². The highest BCUT2D eigenvalue weighted by molar-refractivity contribution is 5.17. The molecule has 0 amide bonds. The van der Waals surface area contributed by atoms with Crippen LogP contribution in [0.5, 0.6) is 5.88 Å². The number of hydrogen-bond donors (Lipinski definition) is 1. The maximum Gasteiger partial charge on any atom is 0.213 e. The molecule has 0 unspecified atom stereocenters. The van der Waals surface area contributed by atoms with Crippen molar-refractivity contribution in [3.05, 3.63) is 23.9 Å². The Hall–Kier alpha value is -1.17. The predicted octanol–water partition coefficient (Wildman–Crippen LogP) is 1.29. The Kier molecular flexibility index (Phi) is 5.76. The molecule has 1 saturated heterocycles. The quantitative estimate of drug-likeness (QED) is 0.762. The summed E-state index contributed by atoms with van der Waals surface area (Å²) in [7, 11) is 3.84. The maximum atomic E-state index is 5.44. The summed E-state index contributed by atoms with van der Waals surface area (Å²) in [5.41, 5.74) is 1.19. The van der Waals surface area contributed by atoms with Crippen LogP contribution in [0.3, 0.4) is 0 Å². The van der Waals surface area contributed by atoms with Crippen molar-refractivity contribution in [1.82, 2.24) is 15.2 Å². The molecule has 0 spiro atoms. The van der Waals surface area contributed by atoms with Gasteiger partial charge in [0.25, 0.3) is 0 Å². The van der Waals surface area contributed by atoms with Gasteiger partial charge < -0.3 is 19.7 Å². The van der Waals surface area contributed by atoms with E-state index in [1.54, 1.807) is 7.11 Å². The minimum Gasteiger partial charge on any atom is -0.475 e. The summed E-state index contributed by atoms with van der Waals surface area (Å²) in [5, 5.41) is 3.59. The van der Waals surface area contributed by atoms with Crippen LogP contribution in [0.4, 0.5) is 0 Å². The van der Waals surface area contributed by atoms with E-state index in [2.05, 4.69) is 35.2 Å². The second kappa shape index (κ2) is 7.57. The summed E-state index contributed by atoms with van der Waals surface area (Å²) in [6, 6.07) is 5.22. The van der Waals surface area contributed by atoms with Crippen molar-refractivity contribution in [2.75, 3.05) is 33.9 Å². The van der Waals surface area contributed by atoms with E-state index in [1.807, 2.05) is 12.3 Å². The van der Waals surface area contributed by atoms with Gasteiger partial charge in [-0.05, 0) is 26.0 Å². The first-order chi connectivity index (χ1) is 9.69. The molecular weight excluding hydrogens is 254 g/mol. The molecule has 2 heterocycles. The molecule has 0 bridgehead atoms. The fourth-order valence-electron chi connectivity index (χ4n) is 2.43. The van der Waals surface area contributed by atoms with Gasteiger partial charge in [0.15, 0.2) is 0 Å². The topological polar surface area (TPSA) is 46.6 Å². The van der Waals surface area contributed by atoms with Gasteiger partial charge in [-0.1, -0.05) is 6.07 Å². The molecule has 1 N–H and O–H groups in total. The molecule has 20 heavy (non-hydrogen) atoms. The van der Waals surface area contributed by atoms with Crippen molar-refractivity contribution in [3.63, 3.8) is 0 Å². The summed E-state index contributed by atoms with van der Waals surface area (Å²) < 4.78 is 10.4. The first-order valence-electron chi connectivity index (χ1n) is 7.19. The summed E-state index contributed by atoms with van der Waals surface area (Å²) in [6.45, 7) is 5.37. The lowest BCUT2D eigenvalue weighted by atomic mass is 10.2.